The molecular formula is C9H10N4O3S2. The lowest BCUT2D eigenvalue weighted by Gasteiger charge is -2.06. The van der Waals surface area contributed by atoms with Gasteiger partial charge in [-0.05, 0) is 18.4 Å². The van der Waals surface area contributed by atoms with Crippen molar-refractivity contribution in [2.45, 2.75) is 11.8 Å². The van der Waals surface area contributed by atoms with Crippen molar-refractivity contribution in [1.29, 1.82) is 0 Å². The van der Waals surface area contributed by atoms with Gasteiger partial charge in [0.2, 0.25) is 0 Å². The van der Waals surface area contributed by atoms with E-state index in [1.807, 2.05) is 0 Å². The Kier molecular flexibility index (Phi) is 3.09. The van der Waals surface area contributed by atoms with Crippen LogP contribution in [-0.2, 0) is 10.0 Å². The summed E-state index contributed by atoms with van der Waals surface area (Å²) in [5.41, 5.74) is 5.70. The van der Waals surface area contributed by atoms with Crippen LogP contribution in [-0.4, -0.2) is 24.5 Å². The number of anilines is 1. The summed E-state index contributed by atoms with van der Waals surface area (Å²) in [6.07, 6.45) is 1.20. The van der Waals surface area contributed by atoms with Gasteiger partial charge in [0.05, 0.1) is 17.5 Å². The van der Waals surface area contributed by atoms with Crippen molar-refractivity contribution in [1.82, 2.24) is 10.2 Å². The number of amides is 1. The van der Waals surface area contributed by atoms with Crippen LogP contribution in [0.25, 0.3) is 0 Å². The van der Waals surface area contributed by atoms with Crippen LogP contribution < -0.4 is 10.5 Å². The lowest BCUT2D eigenvalue weighted by atomic mass is 10.3. The molecule has 4 N–H and O–H groups in total. The number of nitrogens with one attached hydrogen (secondary N) is 2. The quantitative estimate of drug-likeness (QED) is 0.765. The van der Waals surface area contributed by atoms with E-state index in [0.29, 0.717) is 5.69 Å². The summed E-state index contributed by atoms with van der Waals surface area (Å²) in [6, 6.07) is 1.47. The zero-order valence-corrected chi connectivity index (χ0v) is 10.9. The molecule has 18 heavy (non-hydrogen) atoms. The highest BCUT2D eigenvalue weighted by Gasteiger charge is 2.21. The largest absolute Gasteiger partial charge is 0.366 e. The molecular weight excluding hydrogens is 276 g/mol. The van der Waals surface area contributed by atoms with Gasteiger partial charge in [0, 0.05) is 0 Å². The number of hydrogen-bond donors (Lipinski definition) is 3. The molecule has 2 aromatic heterocycles. The second kappa shape index (κ2) is 4.42. The number of primary amides is 1. The minimum Gasteiger partial charge on any atom is -0.366 e. The molecule has 0 aromatic carbocycles. The maximum atomic E-state index is 12.0. The molecule has 0 aliphatic heterocycles. The number of aryl methyl sites for hydroxylation is 1. The van der Waals surface area contributed by atoms with Crippen molar-refractivity contribution in [3.05, 3.63) is 28.9 Å². The van der Waals surface area contributed by atoms with Crippen molar-refractivity contribution >= 4 is 32.3 Å². The second-order valence-corrected chi connectivity index (χ2v) is 6.06. The highest BCUT2D eigenvalue weighted by molar-refractivity contribution is 7.93. The number of hydrogen-bond acceptors (Lipinski definition) is 5. The smallest absolute Gasteiger partial charge is 0.265 e. The van der Waals surface area contributed by atoms with Gasteiger partial charge in [-0.25, -0.2) is 8.42 Å². The fourth-order valence-corrected chi connectivity index (χ4v) is 3.63. The summed E-state index contributed by atoms with van der Waals surface area (Å²) < 4.78 is 26.4. The van der Waals surface area contributed by atoms with Gasteiger partial charge in [-0.1, -0.05) is 0 Å². The number of sulfonamides is 1. The van der Waals surface area contributed by atoms with E-state index in [1.54, 1.807) is 12.3 Å². The normalized spacial score (nSPS) is 11.4. The fraction of sp³-hybridized carbons (Fsp3) is 0.111. The predicted octanol–water partition coefficient (Wildman–Crippen LogP) is 0.679. The van der Waals surface area contributed by atoms with E-state index >= 15 is 0 Å². The topological polar surface area (TPSA) is 118 Å². The maximum Gasteiger partial charge on any atom is 0.265 e. The summed E-state index contributed by atoms with van der Waals surface area (Å²) in [5.74, 6) is -0.683. The Bertz CT molecular complexity index is 686. The Hall–Kier alpha value is -1.87. The molecule has 0 radical (unpaired) electrons. The van der Waals surface area contributed by atoms with Gasteiger partial charge in [0.15, 0.2) is 0 Å². The molecule has 0 aliphatic rings. The van der Waals surface area contributed by atoms with E-state index in [4.69, 9.17) is 5.73 Å². The van der Waals surface area contributed by atoms with Gasteiger partial charge >= 0.3 is 0 Å². The molecule has 7 nitrogen and oxygen atoms in total. The maximum absolute atomic E-state index is 12.0. The first-order valence-corrected chi connectivity index (χ1v) is 7.18. The predicted molar refractivity (Wildman–Crippen MR) is 67.0 cm³/mol. The van der Waals surface area contributed by atoms with Crippen molar-refractivity contribution in [3.8, 4) is 0 Å². The molecule has 0 spiro atoms. The summed E-state index contributed by atoms with van der Waals surface area (Å²) in [7, 11) is -3.77. The van der Waals surface area contributed by atoms with Crippen LogP contribution in [0.2, 0.25) is 0 Å². The fourth-order valence-electron chi connectivity index (χ4n) is 1.37. The van der Waals surface area contributed by atoms with Gasteiger partial charge in [-0.2, -0.15) is 5.10 Å². The average Bonchev–Trinajstić information content (AvgIpc) is 2.86. The Morgan fingerprint density at radius 3 is 2.83 bits per heavy atom. The number of carbonyl (C=O) groups is 1. The molecule has 0 saturated heterocycles. The van der Waals surface area contributed by atoms with E-state index < -0.39 is 15.9 Å². The second-order valence-electron chi connectivity index (χ2n) is 3.49. The third-order valence-electron chi connectivity index (χ3n) is 2.23. The zero-order chi connectivity index (χ0) is 13.3. The number of H-pyrrole nitrogens is 1. The molecule has 0 aliphatic carbocycles. The highest BCUT2D eigenvalue weighted by Crippen LogP contribution is 2.26. The number of aromatic nitrogens is 2. The highest BCUT2D eigenvalue weighted by atomic mass is 32.2. The van der Waals surface area contributed by atoms with E-state index in [0.717, 1.165) is 11.3 Å². The van der Waals surface area contributed by atoms with Crippen LogP contribution in [0.1, 0.15) is 16.1 Å². The van der Waals surface area contributed by atoms with Crippen LogP contribution in [0.4, 0.5) is 5.00 Å². The minimum atomic E-state index is -3.77. The molecule has 2 rings (SSSR count). The van der Waals surface area contributed by atoms with Crippen molar-refractivity contribution in [2.24, 2.45) is 5.73 Å². The number of thiophene rings is 1. The van der Waals surface area contributed by atoms with Gasteiger partial charge in [-0.3, -0.25) is 14.6 Å². The van der Waals surface area contributed by atoms with E-state index in [1.165, 1.54) is 12.3 Å². The molecule has 96 valence electrons. The molecule has 0 unspecified atom stereocenters. The molecule has 0 bridgehead atoms. The molecule has 1 amide bonds. The number of rotatable bonds is 4. The van der Waals surface area contributed by atoms with Crippen molar-refractivity contribution in [2.75, 3.05) is 4.72 Å². The zero-order valence-electron chi connectivity index (χ0n) is 9.30. The van der Waals surface area contributed by atoms with E-state index in [-0.39, 0.29) is 15.5 Å². The summed E-state index contributed by atoms with van der Waals surface area (Å²) in [6.45, 7) is 1.59. The summed E-state index contributed by atoms with van der Waals surface area (Å²) in [4.78, 5) is 11.1. The van der Waals surface area contributed by atoms with Crippen LogP contribution in [0.5, 0.6) is 0 Å². The number of nitrogens with two attached hydrogens (primary N) is 1. The Morgan fingerprint density at radius 2 is 2.28 bits per heavy atom. The van der Waals surface area contributed by atoms with Crippen molar-refractivity contribution < 1.29 is 13.2 Å². The molecule has 9 heteroatoms. The van der Waals surface area contributed by atoms with E-state index in [2.05, 4.69) is 14.9 Å². The first-order chi connectivity index (χ1) is 8.42. The first-order valence-electron chi connectivity index (χ1n) is 4.82. The van der Waals surface area contributed by atoms with Crippen molar-refractivity contribution in [3.63, 3.8) is 0 Å². The lowest BCUT2D eigenvalue weighted by molar-refractivity contribution is 0.100. The monoisotopic (exact) mass is 286 g/mol. The molecule has 0 fully saturated rings. The first kappa shape index (κ1) is 12.6. The SMILES string of the molecule is Cc1[nH]ncc1S(=O)(=O)Nc1sccc1C(N)=O. The van der Waals surface area contributed by atoms with Gasteiger partial charge in [0.1, 0.15) is 9.90 Å². The third kappa shape index (κ3) is 2.22. The van der Waals surface area contributed by atoms with Crippen LogP contribution in [0.15, 0.2) is 22.5 Å². The van der Waals surface area contributed by atoms with Crippen LogP contribution >= 0.6 is 11.3 Å². The van der Waals surface area contributed by atoms with Crippen LogP contribution in [0.3, 0.4) is 0 Å². The lowest BCUT2D eigenvalue weighted by Crippen LogP contribution is -2.17. The minimum absolute atomic E-state index is 0.0336. The Balaban J connectivity index is 2.37. The standard InChI is InChI=1S/C9H10N4O3S2/c1-5-7(4-11-12-5)18(15,16)13-9-6(8(10)14)2-3-17-9/h2-4,13H,1H3,(H2,10,14)(H,11,12). The number of nitrogens with zero attached hydrogens (tertiary/aromatic N) is 1. The van der Waals surface area contributed by atoms with Crippen LogP contribution in [0, 0.1) is 6.92 Å². The molecule has 0 saturated carbocycles. The molecule has 0 atom stereocenters. The Labute approximate surface area is 107 Å². The van der Waals surface area contributed by atoms with Gasteiger partial charge in [0.25, 0.3) is 15.9 Å². The summed E-state index contributed by atoms with van der Waals surface area (Å²) in [5, 5.41) is 7.96. The number of carbonyl (C=O) groups excluding carboxylic acids is 1. The summed E-state index contributed by atoms with van der Waals surface area (Å²) >= 11 is 1.09. The third-order valence-corrected chi connectivity index (χ3v) is 4.65. The Morgan fingerprint density at radius 1 is 1.56 bits per heavy atom. The average molecular weight is 286 g/mol. The van der Waals surface area contributed by atoms with E-state index in [9.17, 15) is 13.2 Å². The van der Waals surface area contributed by atoms with Gasteiger partial charge < -0.3 is 5.73 Å². The van der Waals surface area contributed by atoms with Gasteiger partial charge in [-0.15, -0.1) is 11.3 Å². The molecule has 2 aromatic rings. The molecule has 2 heterocycles. The number of aromatic amines is 1.